The van der Waals surface area contributed by atoms with Crippen LogP contribution in [0.3, 0.4) is 0 Å². The zero-order chi connectivity index (χ0) is 20.0. The monoisotopic (exact) mass is 379 g/mol. The Hall–Kier alpha value is -1.14. The van der Waals surface area contributed by atoms with Crippen molar-refractivity contribution in [2.75, 3.05) is 39.8 Å². The minimum Gasteiger partial charge on any atom is -0.380 e. The molecule has 1 unspecified atom stereocenters. The maximum atomic E-state index is 12.9. The lowest BCUT2D eigenvalue weighted by molar-refractivity contribution is -0.157. The zero-order valence-electron chi connectivity index (χ0n) is 17.7. The Balaban J connectivity index is 1.51. The van der Waals surface area contributed by atoms with Gasteiger partial charge in [0, 0.05) is 38.6 Å². The van der Waals surface area contributed by atoms with E-state index in [1.807, 2.05) is 11.9 Å². The van der Waals surface area contributed by atoms with Gasteiger partial charge in [0.25, 0.3) is 5.91 Å². The van der Waals surface area contributed by atoms with Crippen LogP contribution >= 0.6 is 0 Å². The maximum absolute atomic E-state index is 12.9. The van der Waals surface area contributed by atoms with Crippen molar-refractivity contribution in [3.63, 3.8) is 0 Å². The van der Waals surface area contributed by atoms with Crippen LogP contribution in [0.4, 0.5) is 0 Å². The zero-order valence-corrected chi connectivity index (χ0v) is 17.7. The largest absolute Gasteiger partial charge is 0.380 e. The molecule has 1 saturated carbocycles. The number of hydrogen-bond acceptors (Lipinski definition) is 4. The summed E-state index contributed by atoms with van der Waals surface area (Å²) >= 11 is 0. The van der Waals surface area contributed by atoms with Crippen LogP contribution in [0, 0.1) is 22.7 Å². The van der Waals surface area contributed by atoms with Gasteiger partial charge in [0.2, 0.25) is 5.91 Å². The van der Waals surface area contributed by atoms with Crippen LogP contribution in [-0.4, -0.2) is 72.1 Å². The Labute approximate surface area is 163 Å². The highest BCUT2D eigenvalue weighted by molar-refractivity contribution is 5.85. The van der Waals surface area contributed by atoms with Crippen LogP contribution in [0.5, 0.6) is 0 Å². The van der Waals surface area contributed by atoms with Crippen LogP contribution in [-0.2, 0) is 9.59 Å². The average Bonchev–Trinajstić information content (AvgIpc) is 3.04. The number of carbonyl (C=O) groups is 2. The van der Waals surface area contributed by atoms with Gasteiger partial charge in [-0.1, -0.05) is 27.7 Å². The molecule has 154 valence electrons. The average molecular weight is 380 g/mol. The molecule has 0 aromatic heterocycles. The lowest BCUT2D eigenvalue weighted by atomic mass is 9.88. The van der Waals surface area contributed by atoms with Crippen LogP contribution in [0.25, 0.3) is 0 Å². The second-order valence-electron chi connectivity index (χ2n) is 10.2. The van der Waals surface area contributed by atoms with Gasteiger partial charge in [-0.25, -0.2) is 0 Å². The first-order chi connectivity index (χ1) is 12.5. The van der Waals surface area contributed by atoms with Crippen molar-refractivity contribution >= 4 is 11.8 Å². The van der Waals surface area contributed by atoms with E-state index in [1.165, 1.54) is 0 Å². The van der Waals surface area contributed by atoms with E-state index in [2.05, 4.69) is 37.9 Å². The van der Waals surface area contributed by atoms with Crippen molar-refractivity contribution in [1.29, 1.82) is 0 Å². The quantitative estimate of drug-likeness (QED) is 0.776. The van der Waals surface area contributed by atoms with Gasteiger partial charge in [-0.3, -0.25) is 9.59 Å². The van der Waals surface area contributed by atoms with Crippen LogP contribution in [0.15, 0.2) is 0 Å². The number of carbonyl (C=O) groups excluding carboxylic acids is 2. The summed E-state index contributed by atoms with van der Waals surface area (Å²) in [6.07, 6.45) is 2.96. The second kappa shape index (κ2) is 7.03. The number of aliphatic hydroxyl groups is 1. The van der Waals surface area contributed by atoms with Gasteiger partial charge in [-0.2, -0.15) is 0 Å². The highest BCUT2D eigenvalue weighted by atomic mass is 16.3. The van der Waals surface area contributed by atoms with Crippen molar-refractivity contribution in [2.24, 2.45) is 22.7 Å². The van der Waals surface area contributed by atoms with Gasteiger partial charge < -0.3 is 20.2 Å². The van der Waals surface area contributed by atoms with E-state index in [0.717, 1.165) is 25.9 Å². The van der Waals surface area contributed by atoms with Crippen molar-refractivity contribution < 1.29 is 14.7 Å². The topological polar surface area (TPSA) is 72.9 Å². The molecule has 2 heterocycles. The van der Waals surface area contributed by atoms with Gasteiger partial charge in [0.05, 0.1) is 0 Å². The molecule has 0 bridgehead atoms. The van der Waals surface area contributed by atoms with Crippen LogP contribution in [0.2, 0.25) is 0 Å². The van der Waals surface area contributed by atoms with E-state index in [4.69, 9.17) is 0 Å². The van der Waals surface area contributed by atoms with E-state index in [-0.39, 0.29) is 34.5 Å². The minimum atomic E-state index is -1.21. The lowest BCUT2D eigenvalue weighted by Crippen LogP contribution is -2.56. The predicted molar refractivity (Wildman–Crippen MR) is 105 cm³/mol. The number of hydrogen-bond donors (Lipinski definition) is 2. The summed E-state index contributed by atoms with van der Waals surface area (Å²) in [5.41, 5.74) is -1.12. The summed E-state index contributed by atoms with van der Waals surface area (Å²) in [6, 6.07) is 0. The lowest BCUT2D eigenvalue weighted by Gasteiger charge is -2.41. The molecule has 2 N–H and O–H groups in total. The number of nitrogens with one attached hydrogen (secondary N) is 1. The fraction of sp³-hybridized carbons (Fsp3) is 0.905. The Morgan fingerprint density at radius 1 is 1.07 bits per heavy atom. The normalized spacial score (nSPS) is 30.0. The molecule has 2 aliphatic heterocycles. The number of piperidine rings is 2. The molecule has 3 fully saturated rings. The molecule has 0 radical (unpaired) electrons. The van der Waals surface area contributed by atoms with Gasteiger partial charge >= 0.3 is 0 Å². The van der Waals surface area contributed by atoms with Gasteiger partial charge in [0.15, 0.2) is 0 Å². The molecule has 6 heteroatoms. The maximum Gasteiger partial charge on any atom is 0.254 e. The molecule has 3 aliphatic rings. The van der Waals surface area contributed by atoms with E-state index >= 15 is 0 Å². The highest BCUT2D eigenvalue weighted by Crippen LogP contribution is 2.68. The van der Waals surface area contributed by atoms with E-state index in [9.17, 15) is 14.7 Å². The van der Waals surface area contributed by atoms with Gasteiger partial charge in [-0.05, 0) is 49.5 Å². The third-order valence-corrected chi connectivity index (χ3v) is 7.87. The summed E-state index contributed by atoms with van der Waals surface area (Å²) in [5.74, 6) is 0.358. The van der Waals surface area contributed by atoms with Crippen molar-refractivity contribution in [3.8, 4) is 0 Å². The summed E-state index contributed by atoms with van der Waals surface area (Å²) in [6.45, 7) is 12.1. The Bertz CT molecular complexity index is 579. The summed E-state index contributed by atoms with van der Waals surface area (Å²) in [7, 11) is 2.02. The number of rotatable bonds is 4. The standard InChI is InChI=1S/C21H37N3O3/c1-19(2)16(20(19,3)4)17(25)22-13-15-7-6-10-24(14-15)18(26)21(27)8-11-23(5)12-9-21/h15-16,27H,6-14H2,1-5H3,(H,22,25). The molecule has 2 amide bonds. The van der Waals surface area contributed by atoms with Crippen molar-refractivity contribution in [3.05, 3.63) is 0 Å². The molecule has 6 nitrogen and oxygen atoms in total. The first-order valence-electron chi connectivity index (χ1n) is 10.5. The highest BCUT2D eigenvalue weighted by Gasteiger charge is 2.68. The molecule has 1 aliphatic carbocycles. The molecule has 0 aromatic carbocycles. The molecule has 1 atom stereocenters. The molecular weight excluding hydrogens is 342 g/mol. The first kappa shape index (κ1) is 20.6. The third kappa shape index (κ3) is 3.75. The summed E-state index contributed by atoms with van der Waals surface area (Å²) in [5, 5.41) is 14.0. The molecule has 0 spiro atoms. The Morgan fingerprint density at radius 3 is 2.22 bits per heavy atom. The molecule has 3 rings (SSSR count). The van der Waals surface area contributed by atoms with Crippen molar-refractivity contribution in [2.45, 2.75) is 59.0 Å². The van der Waals surface area contributed by atoms with E-state index in [1.54, 1.807) is 0 Å². The first-order valence-corrected chi connectivity index (χ1v) is 10.5. The second-order valence-corrected chi connectivity index (χ2v) is 10.2. The number of likely N-dealkylation sites (tertiary alicyclic amines) is 2. The summed E-state index contributed by atoms with van der Waals surface area (Å²) in [4.78, 5) is 29.5. The molecule has 27 heavy (non-hydrogen) atoms. The SMILES string of the molecule is CN1CCC(O)(C(=O)N2CCCC(CNC(=O)C3C(C)(C)C3(C)C)C2)CC1. The number of nitrogens with zero attached hydrogens (tertiary/aromatic N) is 2. The number of amides is 2. The Morgan fingerprint density at radius 2 is 1.67 bits per heavy atom. The van der Waals surface area contributed by atoms with Crippen molar-refractivity contribution in [1.82, 2.24) is 15.1 Å². The Kier molecular flexibility index (Phi) is 5.36. The predicted octanol–water partition coefficient (Wildman–Crippen LogP) is 1.48. The minimum absolute atomic E-state index is 0.0447. The van der Waals surface area contributed by atoms with Crippen LogP contribution in [0.1, 0.15) is 53.4 Å². The molecule has 2 saturated heterocycles. The van der Waals surface area contributed by atoms with Gasteiger partial charge in [-0.15, -0.1) is 0 Å². The fourth-order valence-corrected chi connectivity index (χ4v) is 5.11. The smallest absolute Gasteiger partial charge is 0.254 e. The van der Waals surface area contributed by atoms with Gasteiger partial charge in [0.1, 0.15) is 5.60 Å². The molecular formula is C21H37N3O3. The molecule has 0 aromatic rings. The fourth-order valence-electron chi connectivity index (χ4n) is 5.11. The third-order valence-electron chi connectivity index (χ3n) is 7.87. The summed E-state index contributed by atoms with van der Waals surface area (Å²) < 4.78 is 0. The van der Waals surface area contributed by atoms with E-state index < -0.39 is 5.60 Å². The van der Waals surface area contributed by atoms with E-state index in [0.29, 0.717) is 32.5 Å². The van der Waals surface area contributed by atoms with Crippen LogP contribution < -0.4 is 5.32 Å².